The third-order valence-electron chi connectivity index (χ3n) is 2.07. The number of hydrogen-bond donors (Lipinski definition) is 3. The van der Waals surface area contributed by atoms with Gasteiger partial charge in [-0.2, -0.15) is 0 Å². The molecule has 0 saturated carbocycles. The van der Waals surface area contributed by atoms with E-state index >= 15 is 0 Å². The molecule has 2 atom stereocenters. The molecule has 0 aliphatic rings. The molecule has 6 heteroatoms. The van der Waals surface area contributed by atoms with E-state index in [1.54, 1.807) is 26.5 Å². The summed E-state index contributed by atoms with van der Waals surface area (Å²) in [5.41, 5.74) is 0.786. The maximum Gasteiger partial charge on any atom is 0.323 e. The van der Waals surface area contributed by atoms with E-state index in [1.807, 2.05) is 0 Å². The SMILES string of the molecule is CN[C@@H](Cc1c[nH]cn1)C(=O)OCC(C)O. The van der Waals surface area contributed by atoms with Crippen molar-refractivity contribution in [1.82, 2.24) is 15.3 Å². The minimum Gasteiger partial charge on any atom is -0.462 e. The summed E-state index contributed by atoms with van der Waals surface area (Å²) in [6, 6.07) is -0.443. The van der Waals surface area contributed by atoms with Gasteiger partial charge in [0.25, 0.3) is 0 Å². The number of likely N-dealkylation sites (N-methyl/N-ethyl adjacent to an activating group) is 1. The Hall–Kier alpha value is -1.40. The Kier molecular flexibility index (Phi) is 4.94. The fourth-order valence-electron chi connectivity index (χ4n) is 1.22. The van der Waals surface area contributed by atoms with Gasteiger partial charge in [-0.05, 0) is 14.0 Å². The molecule has 0 spiro atoms. The second-order valence-corrected chi connectivity index (χ2v) is 3.58. The van der Waals surface area contributed by atoms with E-state index in [0.717, 1.165) is 5.69 Å². The smallest absolute Gasteiger partial charge is 0.323 e. The molecule has 6 nitrogen and oxygen atoms in total. The van der Waals surface area contributed by atoms with Crippen molar-refractivity contribution in [3.63, 3.8) is 0 Å². The molecule has 0 aliphatic carbocycles. The average molecular weight is 227 g/mol. The number of nitrogens with zero attached hydrogens (tertiary/aromatic N) is 1. The van der Waals surface area contributed by atoms with Crippen LogP contribution >= 0.6 is 0 Å². The van der Waals surface area contributed by atoms with Crippen LogP contribution in [-0.2, 0) is 16.0 Å². The number of carbonyl (C=O) groups is 1. The Morgan fingerprint density at radius 2 is 2.50 bits per heavy atom. The molecule has 1 heterocycles. The van der Waals surface area contributed by atoms with Crippen LogP contribution in [0.2, 0.25) is 0 Å². The molecule has 1 aromatic heterocycles. The zero-order valence-corrected chi connectivity index (χ0v) is 9.43. The van der Waals surface area contributed by atoms with Crippen LogP contribution in [-0.4, -0.2) is 46.8 Å². The standard InChI is InChI=1S/C10H17N3O3/c1-7(14)5-16-10(15)9(11-2)3-8-4-12-6-13-8/h4,6-7,9,11,14H,3,5H2,1-2H3,(H,12,13)/t7?,9-/m0/s1. The third kappa shape index (κ3) is 4.00. The Balaban J connectivity index is 2.44. The van der Waals surface area contributed by atoms with E-state index in [2.05, 4.69) is 15.3 Å². The predicted octanol–water partition coefficient (Wildman–Crippen LogP) is -0.536. The summed E-state index contributed by atoms with van der Waals surface area (Å²) in [5.74, 6) is -0.383. The number of carbonyl (C=O) groups excluding carboxylic acids is 1. The molecule has 0 aromatic carbocycles. The van der Waals surface area contributed by atoms with E-state index in [1.165, 1.54) is 0 Å². The molecule has 1 rings (SSSR count). The van der Waals surface area contributed by atoms with E-state index < -0.39 is 12.1 Å². The van der Waals surface area contributed by atoms with Crippen LogP contribution in [0.3, 0.4) is 0 Å². The first-order valence-corrected chi connectivity index (χ1v) is 5.13. The summed E-state index contributed by atoms with van der Waals surface area (Å²) in [6.45, 7) is 1.58. The number of rotatable bonds is 6. The summed E-state index contributed by atoms with van der Waals surface area (Å²) >= 11 is 0. The van der Waals surface area contributed by atoms with E-state index in [9.17, 15) is 4.79 Å². The second kappa shape index (κ2) is 6.24. The lowest BCUT2D eigenvalue weighted by Gasteiger charge is -2.14. The maximum atomic E-state index is 11.6. The van der Waals surface area contributed by atoms with Crippen molar-refractivity contribution >= 4 is 5.97 Å². The fraction of sp³-hybridized carbons (Fsp3) is 0.600. The zero-order valence-electron chi connectivity index (χ0n) is 9.43. The first kappa shape index (κ1) is 12.7. The first-order valence-electron chi connectivity index (χ1n) is 5.13. The lowest BCUT2D eigenvalue weighted by atomic mass is 10.2. The van der Waals surface area contributed by atoms with Crippen molar-refractivity contribution in [2.45, 2.75) is 25.5 Å². The van der Waals surface area contributed by atoms with Crippen LogP contribution in [0.1, 0.15) is 12.6 Å². The van der Waals surface area contributed by atoms with Gasteiger partial charge in [-0.15, -0.1) is 0 Å². The Morgan fingerprint density at radius 1 is 1.75 bits per heavy atom. The Morgan fingerprint density at radius 3 is 3.00 bits per heavy atom. The number of esters is 1. The number of imidazole rings is 1. The van der Waals surface area contributed by atoms with Gasteiger partial charge in [0.15, 0.2) is 0 Å². The number of aliphatic hydroxyl groups is 1. The van der Waals surface area contributed by atoms with Crippen LogP contribution in [0, 0.1) is 0 Å². The lowest BCUT2D eigenvalue weighted by molar-refractivity contribution is -0.148. The molecule has 0 aliphatic heterocycles. The van der Waals surface area contributed by atoms with Gasteiger partial charge in [-0.25, -0.2) is 4.98 Å². The monoisotopic (exact) mass is 227 g/mol. The summed E-state index contributed by atoms with van der Waals surface area (Å²) in [7, 11) is 1.68. The van der Waals surface area contributed by atoms with Gasteiger partial charge in [0, 0.05) is 12.6 Å². The fourth-order valence-corrected chi connectivity index (χ4v) is 1.22. The van der Waals surface area contributed by atoms with E-state index in [-0.39, 0.29) is 12.6 Å². The van der Waals surface area contributed by atoms with Crippen LogP contribution in [0.15, 0.2) is 12.5 Å². The van der Waals surface area contributed by atoms with Gasteiger partial charge >= 0.3 is 5.97 Å². The molecule has 0 radical (unpaired) electrons. The van der Waals surface area contributed by atoms with E-state index in [0.29, 0.717) is 6.42 Å². The number of aliphatic hydroxyl groups excluding tert-OH is 1. The van der Waals surface area contributed by atoms with E-state index in [4.69, 9.17) is 9.84 Å². The van der Waals surface area contributed by atoms with Gasteiger partial charge in [0.05, 0.1) is 18.1 Å². The minimum absolute atomic E-state index is 0.0115. The topological polar surface area (TPSA) is 87.2 Å². The van der Waals surface area contributed by atoms with Crippen molar-refractivity contribution in [2.75, 3.05) is 13.7 Å². The van der Waals surface area contributed by atoms with Gasteiger partial charge in [-0.1, -0.05) is 0 Å². The molecule has 3 N–H and O–H groups in total. The number of aromatic amines is 1. The van der Waals surface area contributed by atoms with Crippen LogP contribution in [0.4, 0.5) is 0 Å². The van der Waals surface area contributed by atoms with Gasteiger partial charge in [0.2, 0.25) is 0 Å². The Labute approximate surface area is 94.0 Å². The number of ether oxygens (including phenoxy) is 1. The molecular weight excluding hydrogens is 210 g/mol. The molecular formula is C10H17N3O3. The van der Waals surface area contributed by atoms with Crippen molar-refractivity contribution in [3.8, 4) is 0 Å². The molecule has 90 valence electrons. The first-order chi connectivity index (χ1) is 7.63. The van der Waals surface area contributed by atoms with Gasteiger partial charge in [-0.3, -0.25) is 4.79 Å². The lowest BCUT2D eigenvalue weighted by Crippen LogP contribution is -2.38. The minimum atomic E-state index is -0.646. The maximum absolute atomic E-state index is 11.6. The summed E-state index contributed by atoms with van der Waals surface area (Å²) in [6.07, 6.45) is 3.10. The average Bonchev–Trinajstić information content (AvgIpc) is 2.75. The van der Waals surface area contributed by atoms with Crippen LogP contribution < -0.4 is 5.32 Å². The highest BCUT2D eigenvalue weighted by molar-refractivity contribution is 5.76. The zero-order chi connectivity index (χ0) is 12.0. The largest absolute Gasteiger partial charge is 0.462 e. The van der Waals surface area contributed by atoms with Crippen molar-refractivity contribution in [3.05, 3.63) is 18.2 Å². The molecule has 0 amide bonds. The normalized spacial score (nSPS) is 14.4. The predicted molar refractivity (Wildman–Crippen MR) is 57.8 cm³/mol. The Bertz CT molecular complexity index is 311. The highest BCUT2D eigenvalue weighted by atomic mass is 16.5. The molecule has 0 saturated heterocycles. The summed E-state index contributed by atoms with van der Waals surface area (Å²) in [4.78, 5) is 18.4. The molecule has 1 aromatic rings. The summed E-state index contributed by atoms with van der Waals surface area (Å²) in [5, 5.41) is 11.9. The van der Waals surface area contributed by atoms with Crippen LogP contribution in [0.25, 0.3) is 0 Å². The number of H-pyrrole nitrogens is 1. The molecule has 0 fully saturated rings. The molecule has 1 unspecified atom stereocenters. The van der Waals surface area contributed by atoms with Gasteiger partial charge in [0.1, 0.15) is 12.6 Å². The highest BCUT2D eigenvalue weighted by Gasteiger charge is 2.19. The van der Waals surface area contributed by atoms with Gasteiger partial charge < -0.3 is 20.1 Å². The van der Waals surface area contributed by atoms with Crippen molar-refractivity contribution in [1.29, 1.82) is 0 Å². The second-order valence-electron chi connectivity index (χ2n) is 3.58. The summed E-state index contributed by atoms with van der Waals surface area (Å²) < 4.78 is 4.92. The number of hydrogen-bond acceptors (Lipinski definition) is 5. The third-order valence-corrected chi connectivity index (χ3v) is 2.07. The van der Waals surface area contributed by atoms with Crippen LogP contribution in [0.5, 0.6) is 0 Å². The molecule has 16 heavy (non-hydrogen) atoms. The highest BCUT2D eigenvalue weighted by Crippen LogP contribution is 2.00. The van der Waals surface area contributed by atoms with Crippen molar-refractivity contribution < 1.29 is 14.6 Å². The quantitative estimate of drug-likeness (QED) is 0.568. The number of nitrogens with one attached hydrogen (secondary N) is 2. The number of aromatic nitrogens is 2. The van der Waals surface area contributed by atoms with Crippen molar-refractivity contribution in [2.24, 2.45) is 0 Å². The molecule has 0 bridgehead atoms.